The highest BCUT2D eigenvalue weighted by Crippen LogP contribution is 2.56. The summed E-state index contributed by atoms with van der Waals surface area (Å²) in [6.45, 7) is 28.3. The van der Waals surface area contributed by atoms with Crippen molar-refractivity contribution in [2.45, 2.75) is 272 Å². The molecule has 1 aromatic rings. The van der Waals surface area contributed by atoms with Gasteiger partial charge in [-0.1, -0.05) is 107 Å². The molecule has 3 fully saturated rings. The van der Waals surface area contributed by atoms with Crippen molar-refractivity contribution < 1.29 is 19.3 Å². The Morgan fingerprint density at radius 1 is 0.436 bits per heavy atom. The normalized spacial score (nSPS) is 29.5. The molecule has 0 amide bonds. The van der Waals surface area contributed by atoms with Crippen molar-refractivity contribution in [3.8, 4) is 5.75 Å². The summed E-state index contributed by atoms with van der Waals surface area (Å²) >= 11 is 0. The van der Waals surface area contributed by atoms with Gasteiger partial charge in [0.05, 0.1) is 35.1 Å². The maximum Gasteiger partial charge on any atom is 0.119 e. The molecule has 4 rings (SSSR count). The third kappa shape index (κ3) is 8.93. The molecular formula is C51H90O4. The lowest BCUT2D eigenvalue weighted by Crippen LogP contribution is -2.53. The summed E-state index contributed by atoms with van der Waals surface area (Å²) in [5.41, 5.74) is 4.05. The standard InChI is InChI=1S/C51H90O4/c1-13-46(14-2)30-22-25-33-49(46,19-7)53-39(10)36-42-28-29-45(52)44(38-41(12)55-51(21-9)35-27-24-32-48(51,17-5)18-6)43(42)37-40(11)54-50(20-8)34-26-23-31-47(50,15-3)16-4/h28-29,39-41,52H,13-27,30-38H2,1-12H3. The molecule has 0 bridgehead atoms. The Morgan fingerprint density at radius 3 is 1.07 bits per heavy atom. The van der Waals surface area contributed by atoms with Gasteiger partial charge < -0.3 is 19.3 Å². The largest absolute Gasteiger partial charge is 0.508 e. The second kappa shape index (κ2) is 19.8. The predicted molar refractivity (Wildman–Crippen MR) is 234 cm³/mol. The van der Waals surface area contributed by atoms with Crippen molar-refractivity contribution in [3.63, 3.8) is 0 Å². The molecule has 6 atom stereocenters. The van der Waals surface area contributed by atoms with Gasteiger partial charge in [0.2, 0.25) is 0 Å². The van der Waals surface area contributed by atoms with Crippen LogP contribution in [0.25, 0.3) is 0 Å². The van der Waals surface area contributed by atoms with Crippen molar-refractivity contribution in [2.24, 2.45) is 16.2 Å². The van der Waals surface area contributed by atoms with Gasteiger partial charge in [-0.2, -0.15) is 0 Å². The molecule has 0 saturated heterocycles. The number of aromatic hydroxyl groups is 1. The fraction of sp³-hybridized carbons (Fsp3) is 0.882. The molecule has 3 aliphatic carbocycles. The molecule has 55 heavy (non-hydrogen) atoms. The van der Waals surface area contributed by atoms with E-state index in [0.717, 1.165) is 69.8 Å². The van der Waals surface area contributed by atoms with E-state index in [1.807, 2.05) is 6.07 Å². The summed E-state index contributed by atoms with van der Waals surface area (Å²) < 4.78 is 22.3. The van der Waals surface area contributed by atoms with Crippen LogP contribution in [0.2, 0.25) is 0 Å². The van der Waals surface area contributed by atoms with Crippen LogP contribution in [0.3, 0.4) is 0 Å². The average Bonchev–Trinajstić information content (AvgIpc) is 3.20. The summed E-state index contributed by atoms with van der Waals surface area (Å²) in [5.74, 6) is 0.411. The maximum absolute atomic E-state index is 11.9. The van der Waals surface area contributed by atoms with Crippen LogP contribution in [0.1, 0.15) is 235 Å². The fourth-order valence-corrected chi connectivity index (χ4v) is 13.9. The van der Waals surface area contributed by atoms with Gasteiger partial charge in [-0.05, 0) is 169 Å². The van der Waals surface area contributed by atoms with Gasteiger partial charge in [0.1, 0.15) is 5.75 Å². The van der Waals surface area contributed by atoms with E-state index in [1.54, 1.807) is 0 Å². The van der Waals surface area contributed by atoms with Crippen LogP contribution in [0.15, 0.2) is 12.1 Å². The Balaban J connectivity index is 1.73. The first-order valence-electron chi connectivity index (χ1n) is 24.1. The number of phenols is 1. The van der Waals surface area contributed by atoms with Gasteiger partial charge >= 0.3 is 0 Å². The Hall–Kier alpha value is -1.10. The Bertz CT molecular complexity index is 1310. The van der Waals surface area contributed by atoms with Crippen molar-refractivity contribution in [3.05, 3.63) is 28.8 Å². The van der Waals surface area contributed by atoms with Crippen molar-refractivity contribution in [1.82, 2.24) is 0 Å². The summed E-state index contributed by atoms with van der Waals surface area (Å²) in [7, 11) is 0. The summed E-state index contributed by atoms with van der Waals surface area (Å²) in [6.07, 6.45) is 27.6. The minimum atomic E-state index is -0.113. The average molecular weight is 767 g/mol. The van der Waals surface area contributed by atoms with Crippen LogP contribution in [0.5, 0.6) is 5.75 Å². The monoisotopic (exact) mass is 767 g/mol. The molecule has 3 aliphatic rings. The lowest BCUT2D eigenvalue weighted by molar-refractivity contribution is -0.191. The highest BCUT2D eigenvalue weighted by molar-refractivity contribution is 5.46. The van der Waals surface area contributed by atoms with Crippen molar-refractivity contribution in [1.29, 1.82) is 0 Å². The van der Waals surface area contributed by atoms with Crippen LogP contribution < -0.4 is 0 Å². The summed E-state index contributed by atoms with van der Waals surface area (Å²) in [5, 5.41) is 11.9. The minimum Gasteiger partial charge on any atom is -0.508 e. The van der Waals surface area contributed by atoms with E-state index in [1.165, 1.54) is 94.6 Å². The molecule has 0 radical (unpaired) electrons. The Kier molecular flexibility index (Phi) is 16.7. The maximum atomic E-state index is 11.9. The van der Waals surface area contributed by atoms with Crippen LogP contribution in [-0.4, -0.2) is 40.2 Å². The number of ether oxygens (including phenoxy) is 3. The van der Waals surface area contributed by atoms with E-state index in [-0.39, 0.29) is 51.4 Å². The van der Waals surface area contributed by atoms with E-state index in [4.69, 9.17) is 14.2 Å². The Labute approximate surface area is 341 Å². The van der Waals surface area contributed by atoms with Gasteiger partial charge in [0.25, 0.3) is 0 Å². The molecular weight excluding hydrogens is 677 g/mol. The molecule has 4 nitrogen and oxygen atoms in total. The number of rotatable bonds is 21. The Morgan fingerprint density at radius 2 is 0.745 bits per heavy atom. The third-order valence-corrected chi connectivity index (χ3v) is 17.4. The lowest BCUT2D eigenvalue weighted by atomic mass is 9.59. The van der Waals surface area contributed by atoms with Crippen LogP contribution >= 0.6 is 0 Å². The molecule has 0 aliphatic heterocycles. The van der Waals surface area contributed by atoms with E-state index >= 15 is 0 Å². The van der Waals surface area contributed by atoms with Gasteiger partial charge in [-0.15, -0.1) is 0 Å². The zero-order chi connectivity index (χ0) is 40.5. The molecule has 3 saturated carbocycles. The van der Waals surface area contributed by atoms with E-state index in [0.29, 0.717) is 12.2 Å². The second-order valence-corrected chi connectivity index (χ2v) is 19.2. The smallest absolute Gasteiger partial charge is 0.119 e. The molecule has 4 heteroatoms. The zero-order valence-electron chi connectivity index (χ0n) is 38.5. The molecule has 1 aromatic carbocycles. The van der Waals surface area contributed by atoms with Crippen LogP contribution in [0.4, 0.5) is 0 Å². The van der Waals surface area contributed by atoms with E-state index in [2.05, 4.69) is 89.2 Å². The number of phenolic OH excluding ortho intramolecular Hbond substituents is 1. The second-order valence-electron chi connectivity index (χ2n) is 19.2. The summed E-state index contributed by atoms with van der Waals surface area (Å²) in [4.78, 5) is 0. The highest BCUT2D eigenvalue weighted by atomic mass is 16.5. The predicted octanol–water partition coefficient (Wildman–Crippen LogP) is 14.8. The highest BCUT2D eigenvalue weighted by Gasteiger charge is 2.53. The third-order valence-electron chi connectivity index (χ3n) is 17.4. The molecule has 0 aromatic heterocycles. The van der Waals surface area contributed by atoms with Crippen molar-refractivity contribution in [2.75, 3.05) is 0 Å². The molecule has 0 spiro atoms. The zero-order valence-corrected chi connectivity index (χ0v) is 38.5. The number of benzene rings is 1. The fourth-order valence-electron chi connectivity index (χ4n) is 13.9. The number of hydrogen-bond donors (Lipinski definition) is 1. The van der Waals surface area contributed by atoms with Gasteiger partial charge in [-0.25, -0.2) is 0 Å². The molecule has 6 unspecified atom stereocenters. The molecule has 0 heterocycles. The lowest BCUT2D eigenvalue weighted by Gasteiger charge is -2.54. The first-order chi connectivity index (χ1) is 26.3. The van der Waals surface area contributed by atoms with Gasteiger partial charge in [0, 0.05) is 6.42 Å². The SMILES string of the molecule is CCC1(CC)CCCCC1(CC)OC(C)Cc1ccc(O)c(CC(C)OC2(CC)CCCCC2(CC)CC)c1CC(C)OC1(CC)CCCCC1(CC)CC. The number of hydrogen-bond acceptors (Lipinski definition) is 4. The molecule has 1 N–H and O–H groups in total. The topological polar surface area (TPSA) is 47.9 Å². The van der Waals surface area contributed by atoms with Gasteiger partial charge in [-0.3, -0.25) is 0 Å². The van der Waals surface area contributed by atoms with Gasteiger partial charge in [0.15, 0.2) is 0 Å². The van der Waals surface area contributed by atoms with Crippen molar-refractivity contribution >= 4 is 0 Å². The molecule has 318 valence electrons. The van der Waals surface area contributed by atoms with Crippen LogP contribution in [0, 0.1) is 16.2 Å². The quantitative estimate of drug-likeness (QED) is 0.135. The first-order valence-corrected chi connectivity index (χ1v) is 24.1. The minimum absolute atomic E-state index is 0.00573. The summed E-state index contributed by atoms with van der Waals surface area (Å²) in [6, 6.07) is 4.19. The van der Waals surface area contributed by atoms with E-state index < -0.39 is 0 Å². The first kappa shape index (κ1) is 46.6. The van der Waals surface area contributed by atoms with E-state index in [9.17, 15) is 5.11 Å². The van der Waals surface area contributed by atoms with Crippen LogP contribution in [-0.2, 0) is 33.5 Å².